The minimum Gasteiger partial charge on any atom is -0.0622 e. The fraction of sp³-hybridized carbons (Fsp3) is 0.0476. The highest BCUT2D eigenvalue weighted by atomic mass is 14.1. The van der Waals surface area contributed by atoms with E-state index < -0.39 is 0 Å². The molecule has 0 amide bonds. The second-order valence-corrected chi connectivity index (χ2v) is 5.20. The maximum atomic E-state index is 2.26. The van der Waals surface area contributed by atoms with E-state index in [-0.39, 0.29) is 0 Å². The van der Waals surface area contributed by atoms with E-state index >= 15 is 0 Å². The third-order valence-electron chi connectivity index (χ3n) is 3.52. The molecule has 0 heterocycles. The van der Waals surface area contributed by atoms with Crippen LogP contribution in [-0.4, -0.2) is 0 Å². The van der Waals surface area contributed by atoms with E-state index in [9.17, 15) is 0 Å². The first-order valence-corrected chi connectivity index (χ1v) is 7.22. The van der Waals surface area contributed by atoms with Gasteiger partial charge in [0, 0.05) is 0 Å². The van der Waals surface area contributed by atoms with Gasteiger partial charge < -0.3 is 0 Å². The summed E-state index contributed by atoms with van der Waals surface area (Å²) < 4.78 is 0. The molecule has 3 rings (SSSR count). The van der Waals surface area contributed by atoms with Crippen molar-refractivity contribution < 1.29 is 0 Å². The molecule has 0 heteroatoms. The monoisotopic (exact) mass is 270 g/mol. The van der Waals surface area contributed by atoms with E-state index in [0.717, 1.165) is 0 Å². The Hall–Kier alpha value is -2.60. The van der Waals surface area contributed by atoms with Crippen LogP contribution >= 0.6 is 0 Å². The molecule has 0 aliphatic heterocycles. The molecular weight excluding hydrogens is 252 g/mol. The Morgan fingerprint density at radius 2 is 1.24 bits per heavy atom. The van der Waals surface area contributed by atoms with E-state index in [1.807, 2.05) is 0 Å². The first-order valence-electron chi connectivity index (χ1n) is 7.22. The lowest BCUT2D eigenvalue weighted by atomic mass is 9.95. The van der Waals surface area contributed by atoms with Gasteiger partial charge in [0.2, 0.25) is 0 Å². The van der Waals surface area contributed by atoms with Crippen molar-refractivity contribution in [1.29, 1.82) is 0 Å². The van der Waals surface area contributed by atoms with E-state index in [1.165, 1.54) is 27.8 Å². The Morgan fingerprint density at radius 1 is 0.667 bits per heavy atom. The molecule has 21 heavy (non-hydrogen) atoms. The minimum atomic E-state index is 1.23. The SMILES string of the molecule is Cc1cccc(C=C(c2ccccc2)c2ccccc2)c1. The maximum absolute atomic E-state index is 2.26. The van der Waals surface area contributed by atoms with Crippen LogP contribution in [0.5, 0.6) is 0 Å². The molecule has 0 saturated carbocycles. The number of benzene rings is 3. The van der Waals surface area contributed by atoms with Crippen molar-refractivity contribution >= 4 is 11.6 Å². The van der Waals surface area contributed by atoms with Crippen molar-refractivity contribution in [2.75, 3.05) is 0 Å². The highest BCUT2D eigenvalue weighted by molar-refractivity contribution is 5.91. The van der Waals surface area contributed by atoms with Crippen molar-refractivity contribution in [3.8, 4) is 0 Å². The molecule has 0 aliphatic carbocycles. The molecule has 0 fully saturated rings. The molecule has 0 nitrogen and oxygen atoms in total. The molecule has 0 aliphatic rings. The van der Waals surface area contributed by atoms with E-state index in [1.54, 1.807) is 0 Å². The predicted octanol–water partition coefficient (Wildman–Crippen LogP) is 5.58. The van der Waals surface area contributed by atoms with Crippen LogP contribution in [0.1, 0.15) is 22.3 Å². The standard InChI is InChI=1S/C21H18/c1-17-9-8-10-18(15-17)16-21(19-11-4-2-5-12-19)20-13-6-3-7-14-20/h2-16H,1H3. The van der Waals surface area contributed by atoms with Gasteiger partial charge in [-0.15, -0.1) is 0 Å². The zero-order chi connectivity index (χ0) is 14.5. The lowest BCUT2D eigenvalue weighted by Gasteiger charge is -2.09. The van der Waals surface area contributed by atoms with Gasteiger partial charge in [-0.3, -0.25) is 0 Å². The normalized spacial score (nSPS) is 10.1. The maximum Gasteiger partial charge on any atom is -0.0105 e. The number of rotatable bonds is 3. The average molecular weight is 270 g/mol. The van der Waals surface area contributed by atoms with Crippen LogP contribution in [0.2, 0.25) is 0 Å². The van der Waals surface area contributed by atoms with Gasteiger partial charge in [-0.2, -0.15) is 0 Å². The van der Waals surface area contributed by atoms with E-state index in [2.05, 4.69) is 97.9 Å². The zero-order valence-corrected chi connectivity index (χ0v) is 12.2. The Balaban J connectivity index is 2.13. The molecule has 3 aromatic rings. The Morgan fingerprint density at radius 3 is 1.76 bits per heavy atom. The van der Waals surface area contributed by atoms with Crippen molar-refractivity contribution in [3.05, 3.63) is 107 Å². The quantitative estimate of drug-likeness (QED) is 0.545. The first-order chi connectivity index (χ1) is 10.3. The van der Waals surface area contributed by atoms with Gasteiger partial charge in [0.1, 0.15) is 0 Å². The Kier molecular flexibility index (Phi) is 3.97. The second-order valence-electron chi connectivity index (χ2n) is 5.20. The predicted molar refractivity (Wildman–Crippen MR) is 91.0 cm³/mol. The Bertz CT molecular complexity index is 696. The molecule has 0 saturated heterocycles. The summed E-state index contributed by atoms with van der Waals surface area (Å²) in [6.07, 6.45) is 2.26. The van der Waals surface area contributed by atoms with Crippen LogP contribution in [0.4, 0.5) is 0 Å². The summed E-state index contributed by atoms with van der Waals surface area (Å²) in [4.78, 5) is 0. The van der Waals surface area contributed by atoms with Crippen LogP contribution in [0.3, 0.4) is 0 Å². The van der Waals surface area contributed by atoms with Crippen LogP contribution in [0, 0.1) is 6.92 Å². The number of hydrogen-bond donors (Lipinski definition) is 0. The summed E-state index contributed by atoms with van der Waals surface area (Å²) in [6.45, 7) is 2.13. The molecule has 0 bridgehead atoms. The molecule has 0 spiro atoms. The third-order valence-corrected chi connectivity index (χ3v) is 3.52. The summed E-state index contributed by atoms with van der Waals surface area (Å²) in [5, 5.41) is 0. The van der Waals surface area contributed by atoms with Crippen molar-refractivity contribution in [1.82, 2.24) is 0 Å². The van der Waals surface area contributed by atoms with Gasteiger partial charge in [0.25, 0.3) is 0 Å². The van der Waals surface area contributed by atoms with Crippen molar-refractivity contribution in [2.45, 2.75) is 6.92 Å². The minimum absolute atomic E-state index is 1.23. The largest absolute Gasteiger partial charge is 0.0622 e. The molecular formula is C21H18. The highest BCUT2D eigenvalue weighted by Gasteiger charge is 2.04. The van der Waals surface area contributed by atoms with Gasteiger partial charge >= 0.3 is 0 Å². The summed E-state index contributed by atoms with van der Waals surface area (Å²) in [5.74, 6) is 0. The molecule has 0 aromatic heterocycles. The third kappa shape index (κ3) is 3.29. The van der Waals surface area contributed by atoms with E-state index in [0.29, 0.717) is 0 Å². The second kappa shape index (κ2) is 6.23. The molecule has 0 radical (unpaired) electrons. The fourth-order valence-electron chi connectivity index (χ4n) is 2.50. The topological polar surface area (TPSA) is 0 Å². The van der Waals surface area contributed by atoms with E-state index in [4.69, 9.17) is 0 Å². The van der Waals surface area contributed by atoms with Gasteiger partial charge in [-0.25, -0.2) is 0 Å². The highest BCUT2D eigenvalue weighted by Crippen LogP contribution is 2.26. The van der Waals surface area contributed by atoms with Crippen LogP contribution in [0.25, 0.3) is 11.6 Å². The van der Waals surface area contributed by atoms with Crippen molar-refractivity contribution in [3.63, 3.8) is 0 Å². The van der Waals surface area contributed by atoms with Crippen LogP contribution in [-0.2, 0) is 0 Å². The Labute approximate surface area is 126 Å². The molecule has 3 aromatic carbocycles. The lowest BCUT2D eigenvalue weighted by Crippen LogP contribution is -1.88. The summed E-state index contributed by atoms with van der Waals surface area (Å²) in [5.41, 5.74) is 6.25. The fourth-order valence-corrected chi connectivity index (χ4v) is 2.50. The lowest BCUT2D eigenvalue weighted by molar-refractivity contribution is 1.46. The average Bonchev–Trinajstić information content (AvgIpc) is 2.54. The van der Waals surface area contributed by atoms with Gasteiger partial charge in [-0.1, -0.05) is 90.5 Å². The van der Waals surface area contributed by atoms with Crippen LogP contribution in [0.15, 0.2) is 84.9 Å². The zero-order valence-electron chi connectivity index (χ0n) is 12.2. The molecule has 0 unspecified atom stereocenters. The van der Waals surface area contributed by atoms with Crippen LogP contribution < -0.4 is 0 Å². The molecule has 0 atom stereocenters. The summed E-state index contributed by atoms with van der Waals surface area (Å²) in [6, 6.07) is 29.7. The number of hydrogen-bond acceptors (Lipinski definition) is 0. The van der Waals surface area contributed by atoms with Gasteiger partial charge in [0.15, 0.2) is 0 Å². The molecule has 0 N–H and O–H groups in total. The molecule has 102 valence electrons. The van der Waals surface area contributed by atoms with Gasteiger partial charge in [-0.05, 0) is 35.3 Å². The van der Waals surface area contributed by atoms with Gasteiger partial charge in [0.05, 0.1) is 0 Å². The first kappa shape index (κ1) is 13.4. The van der Waals surface area contributed by atoms with Crippen molar-refractivity contribution in [2.24, 2.45) is 0 Å². The number of aryl methyl sites for hydroxylation is 1. The summed E-state index contributed by atoms with van der Waals surface area (Å²) in [7, 11) is 0. The summed E-state index contributed by atoms with van der Waals surface area (Å²) >= 11 is 0. The smallest absolute Gasteiger partial charge is 0.0105 e.